The van der Waals surface area contributed by atoms with Gasteiger partial charge >= 0.3 is 0 Å². The van der Waals surface area contributed by atoms with Crippen LogP contribution in [0.25, 0.3) is 10.9 Å². The number of fused-ring (bicyclic) bond motifs is 1. The summed E-state index contributed by atoms with van der Waals surface area (Å²) in [7, 11) is -3.33. The van der Waals surface area contributed by atoms with Gasteiger partial charge in [-0.1, -0.05) is 46.6 Å². The molecule has 0 atom stereocenters. The van der Waals surface area contributed by atoms with Crippen molar-refractivity contribution in [2.24, 2.45) is 0 Å². The normalized spacial score (nSPS) is 12.9. The smallest absolute Gasteiger partial charge is 0.247 e. The maximum absolute atomic E-state index is 12.5. The molecular weight excluding hydrogens is 414 g/mol. The van der Waals surface area contributed by atoms with Crippen molar-refractivity contribution in [2.45, 2.75) is 70.1 Å². The van der Waals surface area contributed by atoms with Gasteiger partial charge in [-0.3, -0.25) is 14.5 Å². The lowest BCUT2D eigenvalue weighted by molar-refractivity contribution is -0.116. The molecule has 4 rings (SSSR count). The Labute approximate surface area is 184 Å². The van der Waals surface area contributed by atoms with Gasteiger partial charge < -0.3 is 5.32 Å². The molecule has 168 valence electrons. The molecule has 0 saturated heterocycles. The number of amides is 1. The summed E-state index contributed by atoms with van der Waals surface area (Å²) in [6.07, 6.45) is 9.98. The van der Waals surface area contributed by atoms with Crippen molar-refractivity contribution in [3.8, 4) is 0 Å². The van der Waals surface area contributed by atoms with E-state index >= 15 is 0 Å². The summed E-state index contributed by atoms with van der Waals surface area (Å²) in [4.78, 5) is 20.3. The average Bonchev–Trinajstić information content (AvgIpc) is 3.59. The molecule has 1 amide bonds. The number of unbranched alkanes of at least 4 members (excludes halogenated alkanes) is 1. The van der Waals surface area contributed by atoms with Crippen LogP contribution in [0.4, 0.5) is 5.82 Å². The lowest BCUT2D eigenvalue weighted by Gasteiger charge is -2.07. The summed E-state index contributed by atoms with van der Waals surface area (Å²) >= 11 is 0. The molecule has 3 aromatic rings. The van der Waals surface area contributed by atoms with E-state index in [1.807, 2.05) is 13.8 Å². The first-order chi connectivity index (χ1) is 15.0. The third-order valence-corrected chi connectivity index (χ3v) is 6.86. The number of rotatable bonds is 6. The lowest BCUT2D eigenvalue weighted by Crippen LogP contribution is -2.20. The molecule has 2 aromatic heterocycles. The minimum atomic E-state index is -3.33. The maximum Gasteiger partial charge on any atom is 0.247 e. The fourth-order valence-electron chi connectivity index (χ4n) is 2.69. The van der Waals surface area contributed by atoms with Crippen molar-refractivity contribution in [1.82, 2.24) is 19.7 Å². The monoisotopic (exact) mass is 445 g/mol. The summed E-state index contributed by atoms with van der Waals surface area (Å²) in [5.41, 5.74) is 0.607. The Hall–Kier alpha value is -2.81. The number of hydrogen-bond acceptors (Lipinski definition) is 6. The molecule has 1 aliphatic carbocycles. The zero-order valence-corrected chi connectivity index (χ0v) is 19.4. The Bertz CT molecular complexity index is 1070. The number of sulfone groups is 1. The molecule has 8 nitrogen and oxygen atoms in total. The average molecular weight is 446 g/mol. The molecule has 0 radical (unpaired) electrons. The first kappa shape index (κ1) is 24.5. The van der Waals surface area contributed by atoms with E-state index in [-0.39, 0.29) is 22.6 Å². The minimum absolute atomic E-state index is 0.0486. The lowest BCUT2D eigenvalue weighted by atomic mass is 10.2. The number of nitrogens with zero attached hydrogens (tertiary/aromatic N) is 4. The highest BCUT2D eigenvalue weighted by atomic mass is 32.2. The van der Waals surface area contributed by atoms with Crippen LogP contribution in [0, 0.1) is 0 Å². The Kier molecular flexibility index (Phi) is 9.11. The predicted octanol–water partition coefficient (Wildman–Crippen LogP) is 4.23. The van der Waals surface area contributed by atoms with Crippen LogP contribution in [-0.2, 0) is 21.2 Å². The third kappa shape index (κ3) is 6.33. The maximum atomic E-state index is 12.5. The van der Waals surface area contributed by atoms with Gasteiger partial charge in [0.05, 0.1) is 28.1 Å². The van der Waals surface area contributed by atoms with Crippen LogP contribution in [0.15, 0.2) is 47.9 Å². The molecular formula is C22H31N5O3S. The number of aromatic nitrogens is 4. The van der Waals surface area contributed by atoms with E-state index in [4.69, 9.17) is 0 Å². The predicted molar refractivity (Wildman–Crippen MR) is 123 cm³/mol. The fourth-order valence-corrected chi connectivity index (χ4v) is 4.54. The van der Waals surface area contributed by atoms with E-state index in [1.165, 1.54) is 42.3 Å². The second-order valence-corrected chi connectivity index (χ2v) is 9.07. The van der Waals surface area contributed by atoms with Crippen LogP contribution in [-0.4, -0.2) is 39.3 Å². The Morgan fingerprint density at radius 1 is 1.13 bits per heavy atom. The van der Waals surface area contributed by atoms with Crippen LogP contribution in [0.1, 0.15) is 53.4 Å². The largest absolute Gasteiger partial charge is 0.308 e. The number of nitrogens with one attached hydrogen (secondary N) is 1. The van der Waals surface area contributed by atoms with Crippen LogP contribution >= 0.6 is 0 Å². The minimum Gasteiger partial charge on any atom is -0.308 e. The van der Waals surface area contributed by atoms with Crippen molar-refractivity contribution in [3.63, 3.8) is 0 Å². The highest BCUT2D eigenvalue weighted by Crippen LogP contribution is 2.36. The Balaban J connectivity index is 0.000000513. The first-order valence-corrected chi connectivity index (χ1v) is 12.3. The van der Waals surface area contributed by atoms with E-state index in [0.29, 0.717) is 29.6 Å². The molecule has 0 unspecified atom stereocenters. The highest BCUT2D eigenvalue weighted by Gasteiger charge is 2.38. The number of anilines is 1. The Morgan fingerprint density at radius 2 is 1.84 bits per heavy atom. The van der Waals surface area contributed by atoms with E-state index in [1.54, 1.807) is 18.2 Å². The van der Waals surface area contributed by atoms with Gasteiger partial charge in [0.15, 0.2) is 15.7 Å². The van der Waals surface area contributed by atoms with E-state index in [9.17, 15) is 13.2 Å². The second-order valence-electron chi connectivity index (χ2n) is 6.87. The molecule has 1 fully saturated rings. The van der Waals surface area contributed by atoms with Crippen LogP contribution in [0.3, 0.4) is 0 Å². The molecule has 0 spiro atoms. The fraction of sp³-hybridized carbons (Fsp3) is 0.455. The van der Waals surface area contributed by atoms with Gasteiger partial charge in [-0.15, -0.1) is 0 Å². The van der Waals surface area contributed by atoms with Gasteiger partial charge in [-0.05, 0) is 25.0 Å². The van der Waals surface area contributed by atoms with E-state index in [0.717, 1.165) is 0 Å². The van der Waals surface area contributed by atoms with Gasteiger partial charge in [-0.25, -0.2) is 13.4 Å². The van der Waals surface area contributed by atoms with Crippen LogP contribution in [0.5, 0.6) is 0 Å². The summed E-state index contributed by atoms with van der Waals surface area (Å²) in [6, 6.07) is 5.03. The number of carbonyl (C=O) groups excluding carboxylic acids is 1. The molecule has 1 N–H and O–H groups in total. The number of carbonyl (C=O) groups is 1. The second kappa shape index (κ2) is 11.5. The van der Waals surface area contributed by atoms with Crippen molar-refractivity contribution >= 4 is 32.5 Å². The molecule has 31 heavy (non-hydrogen) atoms. The SMILES string of the molecule is CC.CCCC.O=C(Cn1ncc2c(S(=O)(=O)C3CC3)cccc21)Nc1cnccn1. The molecule has 1 saturated carbocycles. The number of hydrogen-bond donors (Lipinski definition) is 1. The van der Waals surface area contributed by atoms with E-state index in [2.05, 4.69) is 34.2 Å². The van der Waals surface area contributed by atoms with Gasteiger partial charge in [0, 0.05) is 17.8 Å². The molecule has 1 aromatic carbocycles. The molecule has 1 aliphatic rings. The summed E-state index contributed by atoms with van der Waals surface area (Å²) in [5, 5.41) is 7.07. The van der Waals surface area contributed by atoms with Gasteiger partial charge in [0.25, 0.3) is 0 Å². The number of benzene rings is 1. The zero-order valence-electron chi connectivity index (χ0n) is 18.6. The summed E-state index contributed by atoms with van der Waals surface area (Å²) in [5.74, 6) is 0.0296. The topological polar surface area (TPSA) is 107 Å². The molecule has 2 heterocycles. The van der Waals surface area contributed by atoms with Crippen LogP contribution < -0.4 is 5.32 Å². The van der Waals surface area contributed by atoms with Gasteiger partial charge in [0.2, 0.25) is 5.91 Å². The quantitative estimate of drug-likeness (QED) is 0.608. The molecule has 0 aliphatic heterocycles. The molecule has 9 heteroatoms. The van der Waals surface area contributed by atoms with Gasteiger partial charge in [-0.2, -0.15) is 5.10 Å². The Morgan fingerprint density at radius 3 is 2.42 bits per heavy atom. The first-order valence-electron chi connectivity index (χ1n) is 10.7. The van der Waals surface area contributed by atoms with Crippen molar-refractivity contribution < 1.29 is 13.2 Å². The van der Waals surface area contributed by atoms with E-state index < -0.39 is 9.84 Å². The van der Waals surface area contributed by atoms with Gasteiger partial charge in [0.1, 0.15) is 6.54 Å². The van der Waals surface area contributed by atoms with Crippen LogP contribution in [0.2, 0.25) is 0 Å². The van der Waals surface area contributed by atoms with Crippen molar-refractivity contribution in [2.75, 3.05) is 5.32 Å². The molecule has 0 bridgehead atoms. The summed E-state index contributed by atoms with van der Waals surface area (Å²) < 4.78 is 26.6. The highest BCUT2D eigenvalue weighted by molar-refractivity contribution is 7.92. The standard InChI is InChI=1S/C16H15N5O3S.C4H10.C2H6/c22-16(20-15-9-17-6-7-18-15)10-21-13-2-1-3-14(12(13)8-19-21)25(23,24)11-4-5-11;1-3-4-2;1-2/h1-3,6-9,11H,4-5,10H2,(H,18,20,22);3-4H2,1-2H3;1-2H3. The van der Waals surface area contributed by atoms with Crippen molar-refractivity contribution in [1.29, 1.82) is 0 Å². The zero-order chi connectivity index (χ0) is 22.9. The third-order valence-electron chi connectivity index (χ3n) is 4.54. The van der Waals surface area contributed by atoms with Crippen molar-refractivity contribution in [3.05, 3.63) is 43.0 Å². The summed E-state index contributed by atoms with van der Waals surface area (Å²) in [6.45, 7) is 8.31.